The summed E-state index contributed by atoms with van der Waals surface area (Å²) in [4.78, 5) is 25.5. The lowest BCUT2D eigenvalue weighted by atomic mass is 10.2. The first-order valence-corrected chi connectivity index (χ1v) is 8.18. The van der Waals surface area contributed by atoms with Gasteiger partial charge in [-0.25, -0.2) is 4.39 Å². The van der Waals surface area contributed by atoms with E-state index in [1.165, 1.54) is 29.5 Å². The largest absolute Gasteiger partial charge is 0.279 e. The number of halogens is 2. The Bertz CT molecular complexity index is 730. The van der Waals surface area contributed by atoms with Crippen LogP contribution in [0.2, 0.25) is 0 Å². The van der Waals surface area contributed by atoms with Crippen LogP contribution < -0.4 is 10.9 Å². The van der Waals surface area contributed by atoms with E-state index in [1.54, 1.807) is 6.07 Å². The van der Waals surface area contributed by atoms with Crippen molar-refractivity contribution >= 4 is 39.1 Å². The molecular formula is C15H14BrFN2O2S. The van der Waals surface area contributed by atoms with E-state index in [0.29, 0.717) is 9.35 Å². The second-order valence-corrected chi connectivity index (χ2v) is 6.66. The number of carbonyl (C=O) groups excluding carboxylic acids is 2. The Hall–Kier alpha value is -1.73. The summed E-state index contributed by atoms with van der Waals surface area (Å²) in [6.07, 6.45) is 0.847. The maximum Gasteiger partial charge on any atom is 0.279 e. The predicted octanol–water partition coefficient (Wildman–Crippen LogP) is 3.60. The van der Waals surface area contributed by atoms with Gasteiger partial charge in [-0.2, -0.15) is 0 Å². The number of aryl methyl sites for hydroxylation is 2. The van der Waals surface area contributed by atoms with Crippen molar-refractivity contribution in [3.63, 3.8) is 0 Å². The SMILES string of the molecule is CCc1sc(C(=O)NNC(=O)c2cc(Br)ccc2F)cc1C. The Balaban J connectivity index is 2.04. The van der Waals surface area contributed by atoms with Crippen molar-refractivity contribution in [3.05, 3.63) is 55.4 Å². The fraction of sp³-hybridized carbons (Fsp3) is 0.200. The summed E-state index contributed by atoms with van der Waals surface area (Å²) in [5, 5.41) is 0. The van der Waals surface area contributed by atoms with Gasteiger partial charge in [0, 0.05) is 9.35 Å². The van der Waals surface area contributed by atoms with Crippen LogP contribution in [0.15, 0.2) is 28.7 Å². The van der Waals surface area contributed by atoms with Crippen LogP contribution in [0.25, 0.3) is 0 Å². The molecule has 2 aromatic rings. The number of hydrazine groups is 1. The molecule has 0 aliphatic carbocycles. The van der Waals surface area contributed by atoms with Gasteiger partial charge in [0.05, 0.1) is 10.4 Å². The van der Waals surface area contributed by atoms with Gasteiger partial charge in [-0.1, -0.05) is 22.9 Å². The van der Waals surface area contributed by atoms with Gasteiger partial charge in [0.15, 0.2) is 0 Å². The zero-order chi connectivity index (χ0) is 16.3. The molecule has 0 fully saturated rings. The Labute approximate surface area is 139 Å². The zero-order valence-corrected chi connectivity index (χ0v) is 14.4. The first-order valence-electron chi connectivity index (χ1n) is 6.57. The lowest BCUT2D eigenvalue weighted by Crippen LogP contribution is -2.41. The summed E-state index contributed by atoms with van der Waals surface area (Å²) in [5.74, 6) is -1.79. The molecule has 1 aromatic carbocycles. The van der Waals surface area contributed by atoms with Gasteiger partial charge in [-0.05, 0) is 43.2 Å². The molecule has 0 radical (unpaired) electrons. The van der Waals surface area contributed by atoms with Gasteiger partial charge < -0.3 is 0 Å². The van der Waals surface area contributed by atoms with E-state index in [2.05, 4.69) is 26.8 Å². The van der Waals surface area contributed by atoms with Crippen LogP contribution in [0.1, 0.15) is 37.4 Å². The van der Waals surface area contributed by atoms with Crippen LogP contribution in [0, 0.1) is 12.7 Å². The molecule has 0 aliphatic heterocycles. The van der Waals surface area contributed by atoms with Gasteiger partial charge in [-0.3, -0.25) is 20.4 Å². The van der Waals surface area contributed by atoms with Crippen LogP contribution in [-0.4, -0.2) is 11.8 Å². The monoisotopic (exact) mass is 384 g/mol. The summed E-state index contributed by atoms with van der Waals surface area (Å²) in [6, 6.07) is 5.79. The first kappa shape index (κ1) is 16.6. The van der Waals surface area contributed by atoms with E-state index >= 15 is 0 Å². The molecule has 0 unspecified atom stereocenters. The highest BCUT2D eigenvalue weighted by molar-refractivity contribution is 9.10. The number of nitrogens with one attached hydrogen (secondary N) is 2. The molecule has 0 aliphatic rings. The molecule has 0 saturated carbocycles. The van der Waals surface area contributed by atoms with E-state index in [4.69, 9.17) is 0 Å². The van der Waals surface area contributed by atoms with E-state index in [-0.39, 0.29) is 5.56 Å². The standard InChI is InChI=1S/C15H14BrFN2O2S/c1-3-12-8(2)6-13(22-12)15(21)19-18-14(20)10-7-9(16)4-5-11(10)17/h4-7H,3H2,1-2H3,(H,18,20)(H,19,21). The average Bonchev–Trinajstić information content (AvgIpc) is 2.88. The Kier molecular flexibility index (Phi) is 5.31. The minimum absolute atomic E-state index is 0.147. The summed E-state index contributed by atoms with van der Waals surface area (Å²) >= 11 is 4.54. The topological polar surface area (TPSA) is 58.2 Å². The highest BCUT2D eigenvalue weighted by atomic mass is 79.9. The average molecular weight is 385 g/mol. The highest BCUT2D eigenvalue weighted by Gasteiger charge is 2.15. The molecule has 1 heterocycles. The van der Waals surface area contributed by atoms with E-state index in [0.717, 1.165) is 16.9 Å². The number of benzene rings is 1. The van der Waals surface area contributed by atoms with Crippen LogP contribution in [0.5, 0.6) is 0 Å². The molecule has 0 bridgehead atoms. The van der Waals surface area contributed by atoms with E-state index in [9.17, 15) is 14.0 Å². The molecule has 0 saturated heterocycles. The van der Waals surface area contributed by atoms with Crippen molar-refractivity contribution < 1.29 is 14.0 Å². The van der Waals surface area contributed by atoms with Crippen molar-refractivity contribution in [2.45, 2.75) is 20.3 Å². The van der Waals surface area contributed by atoms with Crippen LogP contribution >= 0.6 is 27.3 Å². The quantitative estimate of drug-likeness (QED) is 0.794. The molecule has 2 rings (SSSR count). The molecule has 7 heteroatoms. The second kappa shape index (κ2) is 7.02. The van der Waals surface area contributed by atoms with Crippen molar-refractivity contribution in [1.29, 1.82) is 0 Å². The molecule has 0 atom stereocenters. The molecule has 2 amide bonds. The maximum atomic E-state index is 13.6. The Morgan fingerprint density at radius 3 is 2.55 bits per heavy atom. The molecule has 1 aromatic heterocycles. The third-order valence-corrected chi connectivity index (χ3v) is 4.90. The third-order valence-electron chi connectivity index (χ3n) is 3.03. The van der Waals surface area contributed by atoms with E-state index in [1.807, 2.05) is 13.8 Å². The summed E-state index contributed by atoms with van der Waals surface area (Å²) in [6.45, 7) is 3.94. The van der Waals surface area contributed by atoms with Crippen LogP contribution in [0.3, 0.4) is 0 Å². The first-order chi connectivity index (χ1) is 10.4. The van der Waals surface area contributed by atoms with Crippen molar-refractivity contribution in [3.8, 4) is 0 Å². The highest BCUT2D eigenvalue weighted by Crippen LogP contribution is 2.22. The third kappa shape index (κ3) is 3.72. The van der Waals surface area contributed by atoms with Gasteiger partial charge >= 0.3 is 0 Å². The number of hydrogen-bond acceptors (Lipinski definition) is 3. The van der Waals surface area contributed by atoms with Crippen LogP contribution in [-0.2, 0) is 6.42 Å². The minimum Gasteiger partial charge on any atom is -0.267 e. The van der Waals surface area contributed by atoms with Crippen molar-refractivity contribution in [2.75, 3.05) is 0 Å². The normalized spacial score (nSPS) is 10.4. The van der Waals surface area contributed by atoms with Gasteiger partial charge in [0.2, 0.25) is 0 Å². The minimum atomic E-state index is -0.712. The van der Waals surface area contributed by atoms with Crippen molar-refractivity contribution in [1.82, 2.24) is 10.9 Å². The fourth-order valence-corrected chi connectivity index (χ4v) is 3.27. The maximum absolute atomic E-state index is 13.6. The number of carbonyl (C=O) groups is 2. The van der Waals surface area contributed by atoms with Gasteiger partial charge in [0.25, 0.3) is 11.8 Å². The predicted molar refractivity (Wildman–Crippen MR) is 87.5 cm³/mol. The molecule has 116 valence electrons. The van der Waals surface area contributed by atoms with Crippen molar-refractivity contribution in [2.24, 2.45) is 0 Å². The molecule has 22 heavy (non-hydrogen) atoms. The van der Waals surface area contributed by atoms with Gasteiger partial charge in [-0.15, -0.1) is 11.3 Å². The zero-order valence-electron chi connectivity index (χ0n) is 12.0. The van der Waals surface area contributed by atoms with Gasteiger partial charge in [0.1, 0.15) is 5.82 Å². The lowest BCUT2D eigenvalue weighted by Gasteiger charge is -2.07. The number of hydrogen-bond donors (Lipinski definition) is 2. The Morgan fingerprint density at radius 1 is 1.23 bits per heavy atom. The molecule has 4 nitrogen and oxygen atoms in total. The number of thiophene rings is 1. The van der Waals surface area contributed by atoms with Crippen LogP contribution in [0.4, 0.5) is 4.39 Å². The molecule has 2 N–H and O–H groups in total. The fourth-order valence-electron chi connectivity index (χ4n) is 1.90. The smallest absolute Gasteiger partial charge is 0.267 e. The summed E-state index contributed by atoms with van der Waals surface area (Å²) < 4.78 is 14.2. The van der Waals surface area contributed by atoms with E-state index < -0.39 is 17.6 Å². The summed E-state index contributed by atoms with van der Waals surface area (Å²) in [5.41, 5.74) is 5.41. The lowest BCUT2D eigenvalue weighted by molar-refractivity contribution is 0.0846. The second-order valence-electron chi connectivity index (χ2n) is 4.60. The summed E-state index contributed by atoms with van der Waals surface area (Å²) in [7, 11) is 0. The molecule has 0 spiro atoms. The Morgan fingerprint density at radius 2 is 1.91 bits per heavy atom. The number of amides is 2. The number of rotatable bonds is 3. The molecular weight excluding hydrogens is 371 g/mol.